The predicted octanol–water partition coefficient (Wildman–Crippen LogP) is 6.67. The summed E-state index contributed by atoms with van der Waals surface area (Å²) in [7, 11) is 0. The summed E-state index contributed by atoms with van der Waals surface area (Å²) in [6.07, 6.45) is 7.05. The van der Waals surface area contributed by atoms with Crippen LogP contribution in [0.5, 0.6) is 0 Å². The fourth-order valence-electron chi connectivity index (χ4n) is 5.05. The van der Waals surface area contributed by atoms with Crippen LogP contribution < -0.4 is 0 Å². The van der Waals surface area contributed by atoms with E-state index in [0.717, 1.165) is 5.52 Å². The van der Waals surface area contributed by atoms with E-state index in [-0.39, 0.29) is 0 Å². The minimum atomic E-state index is 0.684. The van der Waals surface area contributed by atoms with Gasteiger partial charge in [0.1, 0.15) is 0 Å². The number of pyridine rings is 1. The van der Waals surface area contributed by atoms with Gasteiger partial charge in [-0.15, -0.1) is 0 Å². The van der Waals surface area contributed by atoms with Gasteiger partial charge in [-0.1, -0.05) is 43.7 Å². The van der Waals surface area contributed by atoms with Gasteiger partial charge in [-0.25, -0.2) is 0 Å². The maximum absolute atomic E-state index is 4.66. The maximum atomic E-state index is 4.66. The van der Waals surface area contributed by atoms with Crippen LogP contribution in [0.15, 0.2) is 54.7 Å². The van der Waals surface area contributed by atoms with Crippen molar-refractivity contribution in [3.05, 3.63) is 65.9 Å². The van der Waals surface area contributed by atoms with Crippen molar-refractivity contribution >= 4 is 21.8 Å². The largest absolute Gasteiger partial charge is 0.354 e. The number of hydrogen-bond acceptors (Lipinski definition) is 2. The quantitative estimate of drug-likeness (QED) is 0.408. The van der Waals surface area contributed by atoms with E-state index < -0.39 is 0 Å². The van der Waals surface area contributed by atoms with Crippen LogP contribution in [0.4, 0.5) is 0 Å². The van der Waals surface area contributed by atoms with Crippen molar-refractivity contribution in [3.8, 4) is 11.3 Å². The minimum Gasteiger partial charge on any atom is -0.354 e. The number of aromatic nitrogens is 2. The summed E-state index contributed by atoms with van der Waals surface area (Å²) in [6.45, 7) is 8.27. The normalized spacial score (nSPS) is 15.9. The molecule has 1 aliphatic heterocycles. The van der Waals surface area contributed by atoms with Gasteiger partial charge in [0.05, 0.1) is 11.2 Å². The molecular weight excluding hydrogens is 366 g/mol. The molecule has 5 rings (SSSR count). The smallest absolute Gasteiger partial charge is 0.0795 e. The molecule has 3 heteroatoms. The van der Waals surface area contributed by atoms with Gasteiger partial charge < -0.3 is 9.88 Å². The Morgan fingerprint density at radius 2 is 1.90 bits per heavy atom. The van der Waals surface area contributed by atoms with Crippen molar-refractivity contribution in [3.63, 3.8) is 0 Å². The van der Waals surface area contributed by atoms with Gasteiger partial charge in [-0.3, -0.25) is 4.98 Å². The monoisotopic (exact) mass is 397 g/mol. The molecule has 3 heterocycles. The zero-order valence-electron chi connectivity index (χ0n) is 18.1. The zero-order chi connectivity index (χ0) is 20.5. The molecule has 1 fully saturated rings. The Morgan fingerprint density at radius 1 is 1.07 bits per heavy atom. The molecule has 4 aromatic rings. The van der Waals surface area contributed by atoms with E-state index in [0.29, 0.717) is 5.92 Å². The average Bonchev–Trinajstić information content (AvgIpc) is 3.13. The van der Waals surface area contributed by atoms with Crippen molar-refractivity contribution in [2.75, 3.05) is 19.6 Å². The number of likely N-dealkylation sites (tertiary alicyclic amines) is 1. The molecule has 3 nitrogen and oxygen atoms in total. The third-order valence-electron chi connectivity index (χ3n) is 6.87. The van der Waals surface area contributed by atoms with Crippen molar-refractivity contribution < 1.29 is 0 Å². The molecular formula is C27H31N3. The second-order valence-electron chi connectivity index (χ2n) is 8.78. The van der Waals surface area contributed by atoms with Crippen LogP contribution >= 0.6 is 0 Å². The Balaban J connectivity index is 1.46. The zero-order valence-corrected chi connectivity index (χ0v) is 18.1. The second-order valence-corrected chi connectivity index (χ2v) is 8.78. The summed E-state index contributed by atoms with van der Waals surface area (Å²) in [5.74, 6) is 0.684. The number of aromatic amines is 1. The van der Waals surface area contributed by atoms with Crippen LogP contribution in [0, 0.1) is 6.92 Å². The van der Waals surface area contributed by atoms with Crippen molar-refractivity contribution in [1.82, 2.24) is 14.9 Å². The number of piperidine rings is 1. The average molecular weight is 398 g/mol. The maximum Gasteiger partial charge on any atom is 0.0795 e. The number of H-pyrrole nitrogens is 1. The lowest BCUT2D eigenvalue weighted by Crippen LogP contribution is -2.33. The van der Waals surface area contributed by atoms with Gasteiger partial charge in [-0.2, -0.15) is 0 Å². The SMILES string of the molecule is CCCCN1CCC(c2ccc3[nH]c(-c4cccc5cccnc45)c(C)c3c2)CC1. The molecule has 2 aromatic carbocycles. The molecule has 1 saturated heterocycles. The Kier molecular flexibility index (Phi) is 5.30. The van der Waals surface area contributed by atoms with Crippen molar-refractivity contribution in [2.24, 2.45) is 0 Å². The highest BCUT2D eigenvalue weighted by molar-refractivity contribution is 5.98. The summed E-state index contributed by atoms with van der Waals surface area (Å²) in [5, 5.41) is 2.53. The van der Waals surface area contributed by atoms with E-state index in [2.05, 4.69) is 71.2 Å². The molecule has 154 valence electrons. The minimum absolute atomic E-state index is 0.684. The fraction of sp³-hybridized carbons (Fsp3) is 0.370. The van der Waals surface area contributed by atoms with Gasteiger partial charge in [0.2, 0.25) is 0 Å². The summed E-state index contributed by atoms with van der Waals surface area (Å²) < 4.78 is 0. The van der Waals surface area contributed by atoms with E-state index in [9.17, 15) is 0 Å². The van der Waals surface area contributed by atoms with Gasteiger partial charge in [0.25, 0.3) is 0 Å². The molecule has 0 unspecified atom stereocenters. The third-order valence-corrected chi connectivity index (χ3v) is 6.87. The number of rotatable bonds is 5. The number of aryl methyl sites for hydroxylation is 1. The van der Waals surface area contributed by atoms with E-state index in [1.165, 1.54) is 84.0 Å². The van der Waals surface area contributed by atoms with Gasteiger partial charge in [0, 0.05) is 28.0 Å². The van der Waals surface area contributed by atoms with Gasteiger partial charge >= 0.3 is 0 Å². The van der Waals surface area contributed by atoms with Crippen LogP contribution in [0.2, 0.25) is 0 Å². The first kappa shape index (κ1) is 19.3. The number of fused-ring (bicyclic) bond motifs is 2. The molecule has 0 amide bonds. The standard InChI is InChI=1S/C27H31N3/c1-3-4-15-30-16-12-20(13-17-30)22-10-11-25-24(18-22)19(2)26(29-25)23-9-5-7-21-8-6-14-28-27(21)23/h5-11,14,18,20,29H,3-4,12-13,15-17H2,1-2H3. The molecule has 0 saturated carbocycles. The summed E-state index contributed by atoms with van der Waals surface area (Å²) >= 11 is 0. The van der Waals surface area contributed by atoms with Crippen LogP contribution in [0.1, 0.15) is 49.7 Å². The number of unbranched alkanes of at least 4 members (excludes halogenated alkanes) is 1. The highest BCUT2D eigenvalue weighted by Gasteiger charge is 2.21. The van der Waals surface area contributed by atoms with Crippen LogP contribution in [0.3, 0.4) is 0 Å². The lowest BCUT2D eigenvalue weighted by atomic mass is 9.88. The van der Waals surface area contributed by atoms with Crippen molar-refractivity contribution in [2.45, 2.75) is 45.4 Å². The lowest BCUT2D eigenvalue weighted by molar-refractivity contribution is 0.210. The van der Waals surface area contributed by atoms with Crippen LogP contribution in [-0.4, -0.2) is 34.5 Å². The molecule has 0 spiro atoms. The molecule has 0 bridgehead atoms. The Hall–Kier alpha value is -2.65. The lowest BCUT2D eigenvalue weighted by Gasteiger charge is -2.32. The number of para-hydroxylation sites is 1. The number of benzene rings is 2. The number of hydrogen-bond donors (Lipinski definition) is 1. The summed E-state index contributed by atoms with van der Waals surface area (Å²) in [6, 6.07) is 17.6. The van der Waals surface area contributed by atoms with Crippen LogP contribution in [0.25, 0.3) is 33.1 Å². The Bertz CT molecular complexity index is 1160. The molecule has 2 aromatic heterocycles. The molecule has 1 N–H and O–H groups in total. The highest BCUT2D eigenvalue weighted by atomic mass is 15.1. The number of nitrogens with zero attached hydrogens (tertiary/aromatic N) is 2. The van der Waals surface area contributed by atoms with Gasteiger partial charge in [-0.05, 0) is 81.1 Å². The van der Waals surface area contributed by atoms with Gasteiger partial charge in [0.15, 0.2) is 0 Å². The summed E-state index contributed by atoms with van der Waals surface area (Å²) in [5.41, 5.74) is 7.50. The van der Waals surface area contributed by atoms with Crippen LogP contribution in [-0.2, 0) is 0 Å². The van der Waals surface area contributed by atoms with E-state index in [4.69, 9.17) is 0 Å². The van der Waals surface area contributed by atoms with E-state index in [1.54, 1.807) is 0 Å². The topological polar surface area (TPSA) is 31.9 Å². The Morgan fingerprint density at radius 3 is 2.73 bits per heavy atom. The first-order chi connectivity index (χ1) is 14.7. The van der Waals surface area contributed by atoms with E-state index >= 15 is 0 Å². The van der Waals surface area contributed by atoms with Crippen molar-refractivity contribution in [1.29, 1.82) is 0 Å². The molecule has 0 atom stereocenters. The molecule has 0 aliphatic carbocycles. The molecule has 30 heavy (non-hydrogen) atoms. The van der Waals surface area contributed by atoms with E-state index in [1.807, 2.05) is 12.3 Å². The highest BCUT2D eigenvalue weighted by Crippen LogP contribution is 2.36. The fourth-order valence-corrected chi connectivity index (χ4v) is 5.05. The number of nitrogens with one attached hydrogen (secondary N) is 1. The first-order valence-electron chi connectivity index (χ1n) is 11.4. The first-order valence-corrected chi connectivity index (χ1v) is 11.4. The predicted molar refractivity (Wildman–Crippen MR) is 127 cm³/mol. The molecule has 0 radical (unpaired) electrons. The Labute approximate surface area is 179 Å². The second kappa shape index (κ2) is 8.23. The summed E-state index contributed by atoms with van der Waals surface area (Å²) in [4.78, 5) is 11.0. The third kappa shape index (κ3) is 3.52. The molecule has 1 aliphatic rings.